The number of benzene rings is 1. The summed E-state index contributed by atoms with van der Waals surface area (Å²) in [5.41, 5.74) is 2.08. The van der Waals surface area contributed by atoms with Crippen LogP contribution < -0.4 is 10.0 Å². The van der Waals surface area contributed by atoms with Gasteiger partial charge in [0.05, 0.1) is 29.9 Å². The third-order valence-electron chi connectivity index (χ3n) is 12.1. The van der Waals surface area contributed by atoms with Gasteiger partial charge in [-0.15, -0.1) is 6.58 Å². The number of ketones is 1. The summed E-state index contributed by atoms with van der Waals surface area (Å²) in [6.07, 6.45) is 8.05. The minimum atomic E-state index is -3.86. The van der Waals surface area contributed by atoms with Gasteiger partial charge >= 0.3 is 12.2 Å². The maximum atomic E-state index is 14.5. The topological polar surface area (TPSA) is 168 Å². The molecule has 13 nitrogen and oxygen atoms in total. The van der Waals surface area contributed by atoms with Crippen molar-refractivity contribution in [3.63, 3.8) is 0 Å². The maximum Gasteiger partial charge on any atom is 0.410 e. The molecule has 3 saturated carbocycles. The summed E-state index contributed by atoms with van der Waals surface area (Å²) in [5, 5.41) is 2.21. The van der Waals surface area contributed by atoms with Gasteiger partial charge in [-0.25, -0.2) is 18.0 Å². The van der Waals surface area contributed by atoms with Crippen molar-refractivity contribution in [3.05, 3.63) is 47.5 Å². The van der Waals surface area contributed by atoms with Crippen molar-refractivity contribution < 1.29 is 41.9 Å². The summed E-state index contributed by atoms with van der Waals surface area (Å²) in [6.45, 7) is 4.78. The first-order valence-corrected chi connectivity index (χ1v) is 20.5. The molecule has 4 bridgehead atoms. The molecule has 3 heterocycles. The number of cyclic esters (lactones) is 1. The molecule has 7 rings (SSSR count). The molecule has 6 aliphatic rings. The Morgan fingerprint density at radius 1 is 1.00 bits per heavy atom. The van der Waals surface area contributed by atoms with Gasteiger partial charge in [0.2, 0.25) is 21.8 Å². The van der Waals surface area contributed by atoms with Crippen molar-refractivity contribution in [2.75, 3.05) is 13.2 Å². The first kappa shape index (κ1) is 36.4. The number of alkyl carbamates (subject to hydrolysis) is 1. The number of Topliss-reactive ketones (excluding diaryl/α,β-unsaturated/α-hetero) is 1. The van der Waals surface area contributed by atoms with Gasteiger partial charge in [0.15, 0.2) is 5.78 Å². The number of fused-ring (bicyclic) bond motifs is 3. The minimum Gasteiger partial charge on any atom is -0.450 e. The minimum absolute atomic E-state index is 0.0149. The monoisotopic (exact) mass is 738 g/mol. The number of aryl methyl sites for hydroxylation is 1. The Kier molecular flexibility index (Phi) is 10.4. The van der Waals surface area contributed by atoms with E-state index in [9.17, 15) is 32.4 Å². The summed E-state index contributed by atoms with van der Waals surface area (Å²) in [5.74, 6) is -2.20. The number of rotatable bonds is 8. The first-order chi connectivity index (χ1) is 25.0. The molecule has 3 aliphatic heterocycles. The van der Waals surface area contributed by atoms with Crippen LogP contribution in [0.3, 0.4) is 0 Å². The highest BCUT2D eigenvalue weighted by Gasteiger charge is 2.61. The average Bonchev–Trinajstić information content (AvgIpc) is 3.90. The van der Waals surface area contributed by atoms with Crippen LogP contribution in [0.25, 0.3) is 0 Å². The second-order valence-corrected chi connectivity index (χ2v) is 17.6. The Balaban J connectivity index is 1.15. The summed E-state index contributed by atoms with van der Waals surface area (Å²) in [4.78, 5) is 72.1. The van der Waals surface area contributed by atoms with E-state index in [0.29, 0.717) is 32.4 Å². The van der Waals surface area contributed by atoms with E-state index in [1.807, 2.05) is 12.1 Å². The van der Waals surface area contributed by atoms with Crippen LogP contribution in [-0.4, -0.2) is 84.6 Å². The summed E-state index contributed by atoms with van der Waals surface area (Å²) < 4.78 is 39.2. The summed E-state index contributed by atoms with van der Waals surface area (Å²) in [7, 11) is -3.86. The van der Waals surface area contributed by atoms with Gasteiger partial charge in [0.1, 0.15) is 12.1 Å². The highest BCUT2D eigenvalue weighted by molar-refractivity contribution is 7.90. The SMILES string of the molecule is C=C[C@@H]1C[C@]1(CC(=O)[C@@H]1C[C@@H]2CN1C(=O)[C@H](C1CCCC1)NC(=O)OCCCCCCc1cccc3c1CN(C3)C(=O)O2)C(=O)NS(=O)(=O)C1CC1. The molecule has 4 amide bonds. The Morgan fingerprint density at radius 3 is 2.48 bits per heavy atom. The van der Waals surface area contributed by atoms with E-state index in [0.717, 1.165) is 62.5 Å². The van der Waals surface area contributed by atoms with Gasteiger partial charge < -0.3 is 19.7 Å². The molecule has 2 N–H and O–H groups in total. The molecular formula is C38H50N4O9S. The lowest BCUT2D eigenvalue weighted by Gasteiger charge is -2.31. The van der Waals surface area contributed by atoms with E-state index in [4.69, 9.17) is 9.47 Å². The molecule has 5 atom stereocenters. The molecule has 4 fully saturated rings. The van der Waals surface area contributed by atoms with Gasteiger partial charge in [-0.1, -0.05) is 50.0 Å². The number of sulfonamides is 1. The zero-order chi connectivity index (χ0) is 36.6. The Labute approximate surface area is 305 Å². The number of ether oxygens (including phenoxy) is 2. The Bertz CT molecular complexity index is 1720. The number of allylic oxidation sites excluding steroid dienone is 1. The van der Waals surface area contributed by atoms with Gasteiger partial charge in [0.25, 0.3) is 0 Å². The Morgan fingerprint density at radius 2 is 1.75 bits per heavy atom. The third-order valence-corrected chi connectivity index (χ3v) is 13.9. The van der Waals surface area contributed by atoms with Crippen LogP contribution in [0, 0.1) is 17.3 Å². The van der Waals surface area contributed by atoms with Crippen LogP contribution in [0.15, 0.2) is 30.9 Å². The first-order valence-electron chi connectivity index (χ1n) is 19.0. The van der Waals surface area contributed by atoms with Crippen molar-refractivity contribution in [1.82, 2.24) is 19.8 Å². The molecule has 0 unspecified atom stereocenters. The van der Waals surface area contributed by atoms with E-state index < -0.39 is 74.6 Å². The van der Waals surface area contributed by atoms with E-state index in [2.05, 4.69) is 22.7 Å². The summed E-state index contributed by atoms with van der Waals surface area (Å²) >= 11 is 0. The molecule has 1 aromatic carbocycles. The van der Waals surface area contributed by atoms with Gasteiger partial charge in [-0.3, -0.25) is 24.0 Å². The van der Waals surface area contributed by atoms with Crippen molar-refractivity contribution in [3.8, 4) is 0 Å². The second-order valence-electron chi connectivity index (χ2n) is 15.6. The van der Waals surface area contributed by atoms with Crippen LogP contribution in [0.4, 0.5) is 9.59 Å². The van der Waals surface area contributed by atoms with Crippen LogP contribution >= 0.6 is 0 Å². The van der Waals surface area contributed by atoms with Crippen molar-refractivity contribution in [2.24, 2.45) is 17.3 Å². The van der Waals surface area contributed by atoms with E-state index in [1.165, 1.54) is 10.5 Å². The van der Waals surface area contributed by atoms with Crippen LogP contribution in [0.2, 0.25) is 0 Å². The van der Waals surface area contributed by atoms with Crippen molar-refractivity contribution >= 4 is 39.8 Å². The number of amides is 4. The van der Waals surface area contributed by atoms with E-state index >= 15 is 0 Å². The summed E-state index contributed by atoms with van der Waals surface area (Å²) in [6, 6.07) is 4.12. The van der Waals surface area contributed by atoms with Gasteiger partial charge in [0, 0.05) is 25.9 Å². The molecule has 52 heavy (non-hydrogen) atoms. The molecule has 3 aliphatic carbocycles. The molecule has 14 heteroatoms. The lowest BCUT2D eigenvalue weighted by atomic mass is 9.91. The fourth-order valence-electron chi connectivity index (χ4n) is 8.77. The predicted octanol–water partition coefficient (Wildman–Crippen LogP) is 4.27. The van der Waals surface area contributed by atoms with E-state index in [-0.39, 0.29) is 38.3 Å². The normalized spacial score (nSPS) is 30.3. The average molecular weight is 739 g/mol. The number of carbonyl (C=O) groups is 5. The highest BCUT2D eigenvalue weighted by Crippen LogP contribution is 2.57. The maximum absolute atomic E-state index is 14.5. The van der Waals surface area contributed by atoms with Gasteiger partial charge in [-0.2, -0.15) is 0 Å². The van der Waals surface area contributed by atoms with Crippen LogP contribution in [-0.2, 0) is 53.4 Å². The number of hydrogen-bond acceptors (Lipinski definition) is 9. The molecule has 0 spiro atoms. The fourth-order valence-corrected chi connectivity index (χ4v) is 10.2. The molecule has 282 valence electrons. The van der Waals surface area contributed by atoms with Crippen LogP contribution in [0.1, 0.15) is 100 Å². The smallest absolute Gasteiger partial charge is 0.410 e. The van der Waals surface area contributed by atoms with E-state index in [1.54, 1.807) is 11.0 Å². The lowest BCUT2D eigenvalue weighted by molar-refractivity contribution is -0.141. The zero-order valence-corrected chi connectivity index (χ0v) is 30.5. The van der Waals surface area contributed by atoms with Gasteiger partial charge in [-0.05, 0) is 79.9 Å². The number of nitrogens with zero attached hydrogens (tertiary/aromatic N) is 2. The van der Waals surface area contributed by atoms with Crippen molar-refractivity contribution in [1.29, 1.82) is 0 Å². The highest BCUT2D eigenvalue weighted by atomic mass is 32.2. The standard InChI is InChI=1S/C38H50N4O9S/c1-2-27-19-38(27,35(45)40-52(48,49)29-15-16-29)20-32(43)31-18-28-22-42(31)34(44)33(25-11-6-7-12-25)39-36(46)50-17-8-4-3-5-10-24-13-9-14-26-21-41(23-30(24)26)37(47)51-28/h2,9,13-14,25,27-29,31,33H,1,3-8,10-12,15-23H2,(H,39,46)(H,40,45)/t27-,28-,31+,33+,38-/m1/s1. The fraction of sp³-hybridized carbons (Fsp3) is 0.658. The molecule has 0 radical (unpaired) electrons. The molecule has 1 saturated heterocycles. The number of carbonyl (C=O) groups excluding carboxylic acids is 5. The lowest BCUT2D eigenvalue weighted by Crippen LogP contribution is -2.55. The Hall–Kier alpha value is -3.94. The van der Waals surface area contributed by atoms with Crippen LogP contribution in [0.5, 0.6) is 0 Å². The third kappa shape index (κ3) is 7.58. The van der Waals surface area contributed by atoms with Crippen molar-refractivity contribution in [2.45, 2.75) is 126 Å². The molecular weight excluding hydrogens is 689 g/mol. The number of hydrogen-bond donors (Lipinski definition) is 2. The molecule has 0 aromatic heterocycles. The zero-order valence-electron chi connectivity index (χ0n) is 29.7. The largest absolute Gasteiger partial charge is 0.450 e. The predicted molar refractivity (Wildman–Crippen MR) is 189 cm³/mol. The molecule has 1 aromatic rings. The second kappa shape index (κ2) is 14.8. The number of nitrogens with one attached hydrogen (secondary N) is 2. The quantitative estimate of drug-likeness (QED) is 0.370.